The van der Waals surface area contributed by atoms with Crippen LogP contribution in [0.5, 0.6) is 0 Å². The molecule has 0 unspecified atom stereocenters. The minimum atomic E-state index is 0.621. The normalized spacial score (nSPS) is 8.50. The first kappa shape index (κ1) is 12.8. The molecule has 1 nitrogen and oxygen atoms in total. The molecular formula is C13H20O. The van der Waals surface area contributed by atoms with E-state index in [1.54, 1.807) is 0 Å². The van der Waals surface area contributed by atoms with E-state index in [0.717, 1.165) is 5.76 Å². The van der Waals surface area contributed by atoms with Gasteiger partial charge in [0.25, 0.3) is 0 Å². The lowest BCUT2D eigenvalue weighted by molar-refractivity contribution is 0.202. The molecule has 0 aliphatic heterocycles. The Morgan fingerprint density at radius 3 is 2.14 bits per heavy atom. The van der Waals surface area contributed by atoms with Gasteiger partial charge in [-0.1, -0.05) is 57.2 Å². The fraction of sp³-hybridized carbons (Fsp3) is 0.385. The summed E-state index contributed by atoms with van der Waals surface area (Å²) < 4.78 is 5.23. The van der Waals surface area contributed by atoms with E-state index in [-0.39, 0.29) is 0 Å². The highest BCUT2D eigenvalue weighted by atomic mass is 16.5. The van der Waals surface area contributed by atoms with E-state index in [0.29, 0.717) is 6.61 Å². The molecule has 0 aliphatic carbocycles. The largest absolute Gasteiger partial charge is 0.494 e. The van der Waals surface area contributed by atoms with Gasteiger partial charge in [0.2, 0.25) is 0 Å². The Bertz CT molecular complexity index is 239. The maximum Gasteiger partial charge on any atom is 0.113 e. The lowest BCUT2D eigenvalue weighted by Gasteiger charge is -2.03. The van der Waals surface area contributed by atoms with Crippen molar-refractivity contribution < 1.29 is 4.74 Å². The Morgan fingerprint density at radius 1 is 1.21 bits per heavy atom. The summed E-state index contributed by atoms with van der Waals surface area (Å²) in [4.78, 5) is 0. The Balaban J connectivity index is 0.000000500. The highest BCUT2D eigenvalue weighted by Gasteiger charge is 1.89. The summed E-state index contributed by atoms with van der Waals surface area (Å²) in [5, 5.41) is 0. The van der Waals surface area contributed by atoms with Gasteiger partial charge in [-0.2, -0.15) is 0 Å². The van der Waals surface area contributed by atoms with E-state index in [1.165, 1.54) is 12.0 Å². The van der Waals surface area contributed by atoms with Gasteiger partial charge in [-0.3, -0.25) is 0 Å². The number of hydrogen-bond acceptors (Lipinski definition) is 1. The van der Waals surface area contributed by atoms with Crippen molar-refractivity contribution in [1.82, 2.24) is 0 Å². The van der Waals surface area contributed by atoms with Crippen molar-refractivity contribution >= 4 is 0 Å². The molecule has 0 spiro atoms. The first-order chi connectivity index (χ1) is 6.70. The zero-order chi connectivity index (χ0) is 10.8. The van der Waals surface area contributed by atoms with Crippen LogP contribution in [-0.2, 0) is 11.3 Å². The van der Waals surface area contributed by atoms with E-state index in [1.807, 2.05) is 37.3 Å². The summed E-state index contributed by atoms with van der Waals surface area (Å²) in [5.74, 6) is 0.758. The highest BCUT2D eigenvalue weighted by molar-refractivity contribution is 5.13. The summed E-state index contributed by atoms with van der Waals surface area (Å²) in [6.07, 6.45) is 1.25. The first-order valence-electron chi connectivity index (χ1n) is 5.02. The average Bonchev–Trinajstić information content (AvgIpc) is 2.18. The van der Waals surface area contributed by atoms with Gasteiger partial charge in [-0.25, -0.2) is 0 Å². The second-order valence-corrected chi connectivity index (χ2v) is 3.18. The van der Waals surface area contributed by atoms with Crippen molar-refractivity contribution in [2.45, 2.75) is 33.8 Å². The highest BCUT2D eigenvalue weighted by Crippen LogP contribution is 2.02. The number of ether oxygens (including phenoxy) is 1. The Kier molecular flexibility index (Phi) is 7.62. The third kappa shape index (κ3) is 7.41. The SMILES string of the molecule is C=C(C)OCc1ccccc1.CCC. The summed E-state index contributed by atoms with van der Waals surface area (Å²) >= 11 is 0. The zero-order valence-electron chi connectivity index (χ0n) is 9.42. The number of rotatable bonds is 3. The molecule has 0 fully saturated rings. The molecule has 1 heteroatoms. The average molecular weight is 192 g/mol. The van der Waals surface area contributed by atoms with E-state index >= 15 is 0 Å². The van der Waals surface area contributed by atoms with Gasteiger partial charge in [0.15, 0.2) is 0 Å². The molecule has 1 aromatic carbocycles. The van der Waals surface area contributed by atoms with Gasteiger partial charge in [-0.15, -0.1) is 0 Å². The molecule has 0 atom stereocenters. The second-order valence-electron chi connectivity index (χ2n) is 3.18. The smallest absolute Gasteiger partial charge is 0.113 e. The molecule has 1 rings (SSSR count). The van der Waals surface area contributed by atoms with Crippen LogP contribution in [0, 0.1) is 0 Å². The molecule has 0 heterocycles. The quantitative estimate of drug-likeness (QED) is 0.654. The summed E-state index contributed by atoms with van der Waals surface area (Å²) in [6.45, 7) is 10.4. The number of hydrogen-bond donors (Lipinski definition) is 0. The van der Waals surface area contributed by atoms with Gasteiger partial charge in [0.05, 0.1) is 5.76 Å². The van der Waals surface area contributed by atoms with E-state index < -0.39 is 0 Å². The predicted molar refractivity (Wildman–Crippen MR) is 62.0 cm³/mol. The fourth-order valence-electron chi connectivity index (χ4n) is 0.781. The molecule has 0 radical (unpaired) electrons. The molecule has 0 N–H and O–H groups in total. The molecule has 14 heavy (non-hydrogen) atoms. The molecule has 0 saturated carbocycles. The lowest BCUT2D eigenvalue weighted by atomic mass is 10.2. The number of allylic oxidation sites excluding steroid dienone is 1. The summed E-state index contributed by atoms with van der Waals surface area (Å²) in [6, 6.07) is 10.0. The fourth-order valence-corrected chi connectivity index (χ4v) is 0.781. The van der Waals surface area contributed by atoms with E-state index in [2.05, 4.69) is 20.4 Å². The van der Waals surface area contributed by atoms with Crippen LogP contribution in [0.4, 0.5) is 0 Å². The minimum Gasteiger partial charge on any atom is -0.494 e. The second kappa shape index (κ2) is 8.36. The Hall–Kier alpha value is -1.24. The summed E-state index contributed by atoms with van der Waals surface area (Å²) in [7, 11) is 0. The van der Waals surface area contributed by atoms with Crippen LogP contribution in [-0.4, -0.2) is 0 Å². The monoisotopic (exact) mass is 192 g/mol. The van der Waals surface area contributed by atoms with E-state index in [9.17, 15) is 0 Å². The molecule has 0 aliphatic rings. The van der Waals surface area contributed by atoms with Crippen LogP contribution in [0.2, 0.25) is 0 Å². The Labute approximate surface area is 87.4 Å². The van der Waals surface area contributed by atoms with Crippen molar-refractivity contribution in [3.8, 4) is 0 Å². The molecular weight excluding hydrogens is 172 g/mol. The van der Waals surface area contributed by atoms with Crippen molar-refractivity contribution in [2.75, 3.05) is 0 Å². The molecule has 0 bridgehead atoms. The third-order valence-corrected chi connectivity index (χ3v) is 1.33. The van der Waals surface area contributed by atoms with Gasteiger partial charge in [0.1, 0.15) is 6.61 Å². The van der Waals surface area contributed by atoms with Crippen LogP contribution in [0.15, 0.2) is 42.7 Å². The van der Waals surface area contributed by atoms with Crippen LogP contribution >= 0.6 is 0 Å². The van der Waals surface area contributed by atoms with Gasteiger partial charge >= 0.3 is 0 Å². The molecule has 0 saturated heterocycles. The number of benzene rings is 1. The maximum atomic E-state index is 5.23. The van der Waals surface area contributed by atoms with Crippen molar-refractivity contribution in [3.63, 3.8) is 0 Å². The summed E-state index contributed by atoms with van der Waals surface area (Å²) in [5.41, 5.74) is 1.18. The van der Waals surface area contributed by atoms with Crippen LogP contribution < -0.4 is 0 Å². The Morgan fingerprint density at radius 2 is 1.71 bits per heavy atom. The van der Waals surface area contributed by atoms with Crippen LogP contribution in [0.3, 0.4) is 0 Å². The maximum absolute atomic E-state index is 5.23. The lowest BCUT2D eigenvalue weighted by Crippen LogP contribution is -1.88. The first-order valence-corrected chi connectivity index (χ1v) is 5.02. The standard InChI is InChI=1S/C10H12O.C3H8/c1-9(2)11-8-10-6-4-3-5-7-10;1-3-2/h3-7H,1,8H2,2H3;3H2,1-2H3. The minimum absolute atomic E-state index is 0.621. The van der Waals surface area contributed by atoms with Crippen molar-refractivity contribution in [2.24, 2.45) is 0 Å². The molecule has 1 aromatic rings. The molecule has 0 aromatic heterocycles. The van der Waals surface area contributed by atoms with E-state index in [4.69, 9.17) is 4.74 Å². The van der Waals surface area contributed by atoms with Crippen LogP contribution in [0.1, 0.15) is 32.8 Å². The van der Waals surface area contributed by atoms with Crippen LogP contribution in [0.25, 0.3) is 0 Å². The molecule has 0 amide bonds. The molecule has 78 valence electrons. The van der Waals surface area contributed by atoms with Gasteiger partial charge in [0, 0.05) is 0 Å². The van der Waals surface area contributed by atoms with Gasteiger partial charge in [-0.05, 0) is 12.5 Å². The zero-order valence-corrected chi connectivity index (χ0v) is 9.42. The third-order valence-electron chi connectivity index (χ3n) is 1.33. The predicted octanol–water partition coefficient (Wildman–Crippen LogP) is 4.15. The topological polar surface area (TPSA) is 9.23 Å². The van der Waals surface area contributed by atoms with Gasteiger partial charge < -0.3 is 4.74 Å². The van der Waals surface area contributed by atoms with Crippen molar-refractivity contribution in [1.29, 1.82) is 0 Å². The van der Waals surface area contributed by atoms with Crippen molar-refractivity contribution in [3.05, 3.63) is 48.2 Å².